The van der Waals surface area contributed by atoms with Gasteiger partial charge in [0.05, 0.1) is 12.3 Å². The molecule has 0 aromatic carbocycles. The second kappa shape index (κ2) is 5.48. The van der Waals surface area contributed by atoms with Gasteiger partial charge in [0.2, 0.25) is 15.9 Å². The van der Waals surface area contributed by atoms with E-state index in [-0.39, 0.29) is 25.0 Å². The standard InChI is InChI=1S/C10H18F2N2O3S/c1-8(6-18(13,16)17)5-9(15)14-4-2-3-10(11,12)7-14/h8H,2-7H2,1H3,(H2,13,16,17)/t8-/m0/s1. The highest BCUT2D eigenvalue weighted by molar-refractivity contribution is 7.89. The summed E-state index contributed by atoms with van der Waals surface area (Å²) in [4.78, 5) is 12.8. The quantitative estimate of drug-likeness (QED) is 0.819. The van der Waals surface area contributed by atoms with E-state index in [1.54, 1.807) is 6.92 Å². The first-order chi connectivity index (χ1) is 8.09. The van der Waals surface area contributed by atoms with Crippen LogP contribution in [0.4, 0.5) is 8.78 Å². The Balaban J connectivity index is 2.50. The first-order valence-electron chi connectivity index (χ1n) is 5.75. The van der Waals surface area contributed by atoms with Crippen molar-refractivity contribution in [3.8, 4) is 0 Å². The molecule has 2 N–H and O–H groups in total. The molecule has 5 nitrogen and oxygen atoms in total. The summed E-state index contributed by atoms with van der Waals surface area (Å²) in [5.74, 6) is -4.06. The molecule has 1 heterocycles. The molecule has 0 spiro atoms. The fraction of sp³-hybridized carbons (Fsp3) is 0.900. The van der Waals surface area contributed by atoms with Crippen molar-refractivity contribution in [1.82, 2.24) is 4.90 Å². The average molecular weight is 284 g/mol. The average Bonchev–Trinajstić information content (AvgIpc) is 2.12. The number of carbonyl (C=O) groups excluding carboxylic acids is 1. The van der Waals surface area contributed by atoms with E-state index in [1.807, 2.05) is 0 Å². The van der Waals surface area contributed by atoms with Crippen molar-refractivity contribution in [2.45, 2.75) is 32.1 Å². The van der Waals surface area contributed by atoms with Crippen LogP contribution in [0.15, 0.2) is 0 Å². The van der Waals surface area contributed by atoms with E-state index in [1.165, 1.54) is 0 Å². The third-order valence-electron chi connectivity index (χ3n) is 2.79. The zero-order valence-corrected chi connectivity index (χ0v) is 11.0. The Bertz CT molecular complexity index is 411. The van der Waals surface area contributed by atoms with Gasteiger partial charge in [0.1, 0.15) is 0 Å². The Hall–Kier alpha value is -0.760. The van der Waals surface area contributed by atoms with Gasteiger partial charge in [-0.3, -0.25) is 4.79 Å². The predicted octanol–water partition coefficient (Wildman–Crippen LogP) is 0.559. The SMILES string of the molecule is C[C@@H](CC(=O)N1CCCC(F)(F)C1)CS(N)(=O)=O. The Labute approximate surface area is 105 Å². The normalized spacial score (nSPS) is 21.7. The largest absolute Gasteiger partial charge is 0.337 e. The van der Waals surface area contributed by atoms with Crippen molar-refractivity contribution in [2.75, 3.05) is 18.8 Å². The Morgan fingerprint density at radius 2 is 2.11 bits per heavy atom. The number of nitrogens with two attached hydrogens (primary N) is 1. The highest BCUT2D eigenvalue weighted by Crippen LogP contribution is 2.27. The molecule has 1 atom stereocenters. The van der Waals surface area contributed by atoms with Crippen LogP contribution in [-0.4, -0.2) is 44.0 Å². The lowest BCUT2D eigenvalue weighted by Gasteiger charge is -2.33. The van der Waals surface area contributed by atoms with E-state index < -0.39 is 34.3 Å². The second-order valence-corrected chi connectivity index (χ2v) is 6.57. The molecule has 8 heteroatoms. The summed E-state index contributed by atoms with van der Waals surface area (Å²) >= 11 is 0. The summed E-state index contributed by atoms with van der Waals surface area (Å²) in [6, 6.07) is 0. The minimum atomic E-state index is -3.64. The van der Waals surface area contributed by atoms with E-state index in [2.05, 4.69) is 0 Å². The smallest absolute Gasteiger partial charge is 0.265 e. The summed E-state index contributed by atoms with van der Waals surface area (Å²) in [6.45, 7) is 1.29. The number of carbonyl (C=O) groups is 1. The van der Waals surface area contributed by atoms with Crippen LogP contribution in [0.2, 0.25) is 0 Å². The van der Waals surface area contributed by atoms with Gasteiger partial charge in [-0.05, 0) is 12.3 Å². The number of rotatable bonds is 4. The number of amides is 1. The molecule has 1 aliphatic heterocycles. The Kier molecular flexibility index (Phi) is 4.66. The summed E-state index contributed by atoms with van der Waals surface area (Å²) in [7, 11) is -3.64. The lowest BCUT2D eigenvalue weighted by atomic mass is 10.0. The van der Waals surface area contributed by atoms with Crippen LogP contribution in [0.3, 0.4) is 0 Å². The Morgan fingerprint density at radius 3 is 2.61 bits per heavy atom. The molecule has 0 saturated carbocycles. The first-order valence-corrected chi connectivity index (χ1v) is 7.47. The van der Waals surface area contributed by atoms with Crippen LogP contribution in [0.25, 0.3) is 0 Å². The van der Waals surface area contributed by atoms with Crippen molar-refractivity contribution >= 4 is 15.9 Å². The number of sulfonamides is 1. The van der Waals surface area contributed by atoms with Gasteiger partial charge in [0.25, 0.3) is 5.92 Å². The van der Waals surface area contributed by atoms with Crippen molar-refractivity contribution in [3.05, 3.63) is 0 Å². The molecule has 0 radical (unpaired) electrons. The van der Waals surface area contributed by atoms with Crippen molar-refractivity contribution in [3.63, 3.8) is 0 Å². The molecule has 0 aromatic heterocycles. The maximum absolute atomic E-state index is 13.1. The van der Waals surface area contributed by atoms with Crippen molar-refractivity contribution in [2.24, 2.45) is 11.1 Å². The lowest BCUT2D eigenvalue weighted by molar-refractivity contribution is -0.142. The number of hydrogen-bond acceptors (Lipinski definition) is 3. The minimum Gasteiger partial charge on any atom is -0.337 e. The van der Waals surface area contributed by atoms with Gasteiger partial charge in [-0.2, -0.15) is 0 Å². The van der Waals surface area contributed by atoms with E-state index in [0.29, 0.717) is 6.54 Å². The molecule has 1 aliphatic rings. The van der Waals surface area contributed by atoms with Gasteiger partial charge in [-0.25, -0.2) is 22.3 Å². The van der Waals surface area contributed by atoms with Gasteiger partial charge in [-0.1, -0.05) is 6.92 Å². The first kappa shape index (κ1) is 15.3. The van der Waals surface area contributed by atoms with Gasteiger partial charge >= 0.3 is 0 Å². The Morgan fingerprint density at radius 1 is 1.50 bits per heavy atom. The van der Waals surface area contributed by atoms with Gasteiger partial charge in [-0.15, -0.1) is 0 Å². The zero-order valence-electron chi connectivity index (χ0n) is 10.2. The van der Waals surface area contributed by atoms with Crippen molar-refractivity contribution < 1.29 is 22.0 Å². The van der Waals surface area contributed by atoms with Crippen LogP contribution < -0.4 is 5.14 Å². The fourth-order valence-corrected chi connectivity index (χ4v) is 2.97. The molecule has 1 amide bonds. The van der Waals surface area contributed by atoms with Crippen LogP contribution in [0.5, 0.6) is 0 Å². The van der Waals surface area contributed by atoms with Gasteiger partial charge in [0.15, 0.2) is 0 Å². The maximum atomic E-state index is 13.1. The molecule has 1 rings (SSSR count). The lowest BCUT2D eigenvalue weighted by Crippen LogP contribution is -2.46. The third kappa shape index (κ3) is 5.26. The summed E-state index contributed by atoms with van der Waals surface area (Å²) < 4.78 is 47.9. The van der Waals surface area contributed by atoms with Crippen LogP contribution >= 0.6 is 0 Å². The van der Waals surface area contributed by atoms with Gasteiger partial charge < -0.3 is 4.90 Å². The molecule has 18 heavy (non-hydrogen) atoms. The topological polar surface area (TPSA) is 80.5 Å². The molecule has 0 aliphatic carbocycles. The summed E-state index contributed by atoms with van der Waals surface area (Å²) in [6.07, 6.45) is -0.0155. The molecule has 1 saturated heterocycles. The van der Waals surface area contributed by atoms with Crippen LogP contribution in [0, 0.1) is 5.92 Å². The van der Waals surface area contributed by atoms with Crippen LogP contribution in [0.1, 0.15) is 26.2 Å². The molecular weight excluding hydrogens is 266 g/mol. The number of primary sulfonamides is 1. The minimum absolute atomic E-state index is 0.0769. The summed E-state index contributed by atoms with van der Waals surface area (Å²) in [5, 5.41) is 4.86. The van der Waals surface area contributed by atoms with Crippen LogP contribution in [-0.2, 0) is 14.8 Å². The number of piperidine rings is 1. The highest BCUT2D eigenvalue weighted by Gasteiger charge is 2.37. The number of nitrogens with zero attached hydrogens (tertiary/aromatic N) is 1. The van der Waals surface area contributed by atoms with Gasteiger partial charge in [0, 0.05) is 19.4 Å². The molecule has 1 fully saturated rings. The molecule has 106 valence electrons. The summed E-state index contributed by atoms with van der Waals surface area (Å²) in [5.41, 5.74) is 0. The maximum Gasteiger partial charge on any atom is 0.265 e. The number of hydrogen-bond donors (Lipinski definition) is 1. The van der Waals surface area contributed by atoms with E-state index >= 15 is 0 Å². The highest BCUT2D eigenvalue weighted by atomic mass is 32.2. The fourth-order valence-electron chi connectivity index (χ4n) is 2.06. The molecule has 0 bridgehead atoms. The molecule has 0 unspecified atom stereocenters. The van der Waals surface area contributed by atoms with E-state index in [0.717, 1.165) is 4.90 Å². The number of halogens is 2. The van der Waals surface area contributed by atoms with E-state index in [9.17, 15) is 22.0 Å². The third-order valence-corrected chi connectivity index (χ3v) is 3.82. The number of likely N-dealkylation sites (tertiary alicyclic amines) is 1. The number of alkyl halides is 2. The molecular formula is C10H18F2N2O3S. The predicted molar refractivity (Wildman–Crippen MR) is 62.5 cm³/mol. The molecule has 0 aromatic rings. The van der Waals surface area contributed by atoms with Crippen molar-refractivity contribution in [1.29, 1.82) is 0 Å². The second-order valence-electron chi connectivity index (χ2n) is 4.91. The monoisotopic (exact) mass is 284 g/mol. The zero-order chi connectivity index (χ0) is 14.0. The van der Waals surface area contributed by atoms with E-state index in [4.69, 9.17) is 5.14 Å².